The molecule has 20 heavy (non-hydrogen) atoms. The Labute approximate surface area is 122 Å². The van der Waals surface area contributed by atoms with Crippen LogP contribution in [0.2, 0.25) is 0 Å². The molecule has 5 heteroatoms. The monoisotopic (exact) mass is 296 g/mol. The van der Waals surface area contributed by atoms with Gasteiger partial charge in [0.05, 0.1) is 4.90 Å². The first-order chi connectivity index (χ1) is 9.40. The zero-order chi connectivity index (χ0) is 14.8. The quantitative estimate of drug-likeness (QED) is 0.813. The predicted octanol–water partition coefficient (Wildman–Crippen LogP) is 2.58. The van der Waals surface area contributed by atoms with Crippen LogP contribution in [0.4, 0.5) is 0 Å². The van der Waals surface area contributed by atoms with Gasteiger partial charge < -0.3 is 5.32 Å². The molecule has 0 aliphatic heterocycles. The van der Waals surface area contributed by atoms with Gasteiger partial charge in [0, 0.05) is 11.6 Å². The number of hydrogen-bond acceptors (Lipinski definition) is 3. The molecule has 1 saturated carbocycles. The number of rotatable bonds is 7. The minimum atomic E-state index is -3.41. The predicted molar refractivity (Wildman–Crippen MR) is 81.1 cm³/mol. The SMILES string of the molecule is CCNC(CC)c1cccc(S(=O)(=O)NC2(C)CC2)c1. The van der Waals surface area contributed by atoms with Crippen LogP contribution < -0.4 is 10.0 Å². The summed E-state index contributed by atoms with van der Waals surface area (Å²) >= 11 is 0. The van der Waals surface area contributed by atoms with Gasteiger partial charge in [-0.3, -0.25) is 0 Å². The van der Waals surface area contributed by atoms with E-state index in [4.69, 9.17) is 0 Å². The van der Waals surface area contributed by atoms with Crippen LogP contribution in [-0.4, -0.2) is 20.5 Å². The zero-order valence-corrected chi connectivity index (χ0v) is 13.3. The highest BCUT2D eigenvalue weighted by Gasteiger charge is 2.41. The summed E-state index contributed by atoms with van der Waals surface area (Å²) < 4.78 is 27.5. The molecule has 1 aromatic rings. The number of hydrogen-bond donors (Lipinski definition) is 2. The molecular formula is C15H24N2O2S. The summed E-state index contributed by atoms with van der Waals surface area (Å²) in [4.78, 5) is 0.361. The normalized spacial score (nSPS) is 18.8. The molecule has 1 aromatic carbocycles. The lowest BCUT2D eigenvalue weighted by molar-refractivity contribution is 0.534. The Balaban J connectivity index is 2.24. The summed E-state index contributed by atoms with van der Waals surface area (Å²) in [5, 5.41) is 3.37. The number of benzene rings is 1. The van der Waals surface area contributed by atoms with Gasteiger partial charge in [0.2, 0.25) is 10.0 Å². The Kier molecular flexibility index (Phi) is 4.52. The maximum Gasteiger partial charge on any atom is 0.241 e. The Hall–Kier alpha value is -0.910. The minimum absolute atomic E-state index is 0.201. The Morgan fingerprint density at radius 2 is 2.00 bits per heavy atom. The van der Waals surface area contributed by atoms with E-state index in [-0.39, 0.29) is 11.6 Å². The van der Waals surface area contributed by atoms with Crippen molar-refractivity contribution >= 4 is 10.0 Å². The average molecular weight is 296 g/mol. The molecule has 1 aliphatic rings. The smallest absolute Gasteiger partial charge is 0.241 e. The summed E-state index contributed by atoms with van der Waals surface area (Å²) in [5.74, 6) is 0. The molecule has 0 heterocycles. The number of sulfonamides is 1. The van der Waals surface area contributed by atoms with Gasteiger partial charge in [-0.15, -0.1) is 0 Å². The lowest BCUT2D eigenvalue weighted by atomic mass is 10.0. The summed E-state index contributed by atoms with van der Waals surface area (Å²) in [6.45, 7) is 6.96. The highest BCUT2D eigenvalue weighted by atomic mass is 32.2. The van der Waals surface area contributed by atoms with E-state index >= 15 is 0 Å². The fourth-order valence-electron chi connectivity index (χ4n) is 2.32. The van der Waals surface area contributed by atoms with E-state index in [2.05, 4.69) is 23.9 Å². The van der Waals surface area contributed by atoms with Crippen LogP contribution in [0.15, 0.2) is 29.2 Å². The molecule has 0 aromatic heterocycles. The highest BCUT2D eigenvalue weighted by molar-refractivity contribution is 7.89. The minimum Gasteiger partial charge on any atom is -0.310 e. The van der Waals surface area contributed by atoms with Gasteiger partial charge in [0.15, 0.2) is 0 Å². The van der Waals surface area contributed by atoms with Crippen molar-refractivity contribution in [2.24, 2.45) is 0 Å². The van der Waals surface area contributed by atoms with Crippen LogP contribution in [0.1, 0.15) is 51.6 Å². The molecule has 4 nitrogen and oxygen atoms in total. The van der Waals surface area contributed by atoms with Crippen molar-refractivity contribution in [2.75, 3.05) is 6.54 Å². The Morgan fingerprint density at radius 3 is 2.55 bits per heavy atom. The third kappa shape index (κ3) is 3.59. The van der Waals surface area contributed by atoms with Crippen LogP contribution in [0.25, 0.3) is 0 Å². The molecule has 0 radical (unpaired) electrons. The van der Waals surface area contributed by atoms with E-state index < -0.39 is 10.0 Å². The first-order valence-corrected chi connectivity index (χ1v) is 8.76. The first-order valence-electron chi connectivity index (χ1n) is 7.27. The summed E-state index contributed by atoms with van der Waals surface area (Å²) in [6, 6.07) is 7.45. The fourth-order valence-corrected chi connectivity index (χ4v) is 3.84. The lowest BCUT2D eigenvalue weighted by Crippen LogP contribution is -2.34. The molecule has 1 unspecified atom stereocenters. The second kappa shape index (κ2) is 5.84. The van der Waals surface area contributed by atoms with Crippen molar-refractivity contribution in [3.8, 4) is 0 Å². The maximum atomic E-state index is 12.4. The molecule has 1 aliphatic carbocycles. The van der Waals surface area contributed by atoms with Crippen molar-refractivity contribution < 1.29 is 8.42 Å². The Morgan fingerprint density at radius 1 is 1.30 bits per heavy atom. The molecule has 0 saturated heterocycles. The third-order valence-electron chi connectivity index (χ3n) is 3.81. The van der Waals surface area contributed by atoms with E-state index in [1.807, 2.05) is 19.1 Å². The molecule has 2 rings (SSSR count). The molecule has 0 amide bonds. The van der Waals surface area contributed by atoms with Crippen LogP contribution in [0.5, 0.6) is 0 Å². The third-order valence-corrected chi connectivity index (χ3v) is 5.45. The van der Waals surface area contributed by atoms with Gasteiger partial charge in [0.1, 0.15) is 0 Å². The molecule has 1 fully saturated rings. The van der Waals surface area contributed by atoms with E-state index in [0.29, 0.717) is 4.90 Å². The van der Waals surface area contributed by atoms with Crippen LogP contribution in [0, 0.1) is 0 Å². The maximum absolute atomic E-state index is 12.4. The molecule has 0 bridgehead atoms. The molecule has 112 valence electrons. The van der Waals surface area contributed by atoms with E-state index in [1.165, 1.54) is 0 Å². The summed E-state index contributed by atoms with van der Waals surface area (Å²) in [6.07, 6.45) is 2.77. The highest BCUT2D eigenvalue weighted by Crippen LogP contribution is 2.36. The van der Waals surface area contributed by atoms with Crippen molar-refractivity contribution in [1.29, 1.82) is 0 Å². The molecule has 2 N–H and O–H groups in total. The van der Waals surface area contributed by atoms with Gasteiger partial charge in [0.25, 0.3) is 0 Å². The molecule has 1 atom stereocenters. The topological polar surface area (TPSA) is 58.2 Å². The fraction of sp³-hybridized carbons (Fsp3) is 0.600. The largest absolute Gasteiger partial charge is 0.310 e. The van der Waals surface area contributed by atoms with E-state index in [9.17, 15) is 8.42 Å². The van der Waals surface area contributed by atoms with Gasteiger partial charge in [-0.05, 0) is 50.4 Å². The second-order valence-corrected chi connectivity index (χ2v) is 7.44. The summed E-state index contributed by atoms with van der Waals surface area (Å²) in [5.41, 5.74) is 0.791. The first kappa shape index (κ1) is 15.5. The van der Waals surface area contributed by atoms with Crippen LogP contribution in [0.3, 0.4) is 0 Å². The summed E-state index contributed by atoms with van der Waals surface area (Å²) in [7, 11) is -3.41. The Bertz CT molecular complexity index is 565. The van der Waals surface area contributed by atoms with Gasteiger partial charge in [-0.2, -0.15) is 0 Å². The van der Waals surface area contributed by atoms with E-state index in [1.54, 1.807) is 12.1 Å². The van der Waals surface area contributed by atoms with Crippen molar-refractivity contribution in [1.82, 2.24) is 10.0 Å². The second-order valence-electron chi connectivity index (χ2n) is 5.76. The van der Waals surface area contributed by atoms with Gasteiger partial charge in [-0.25, -0.2) is 13.1 Å². The van der Waals surface area contributed by atoms with Gasteiger partial charge in [-0.1, -0.05) is 26.0 Å². The van der Waals surface area contributed by atoms with Crippen molar-refractivity contribution in [2.45, 2.75) is 56.5 Å². The van der Waals surface area contributed by atoms with E-state index in [0.717, 1.165) is 31.4 Å². The average Bonchev–Trinajstić information content (AvgIpc) is 3.12. The van der Waals surface area contributed by atoms with Crippen molar-refractivity contribution in [3.63, 3.8) is 0 Å². The van der Waals surface area contributed by atoms with Crippen LogP contribution >= 0.6 is 0 Å². The van der Waals surface area contributed by atoms with Gasteiger partial charge >= 0.3 is 0 Å². The standard InChI is InChI=1S/C15H24N2O2S/c1-4-14(16-5-2)12-7-6-8-13(11-12)20(18,19)17-15(3)9-10-15/h6-8,11,14,16-17H,4-5,9-10H2,1-3H3. The van der Waals surface area contributed by atoms with Crippen LogP contribution in [-0.2, 0) is 10.0 Å². The molecular weight excluding hydrogens is 272 g/mol. The zero-order valence-electron chi connectivity index (χ0n) is 12.4. The molecule has 0 spiro atoms. The lowest BCUT2D eigenvalue weighted by Gasteiger charge is -2.18. The van der Waals surface area contributed by atoms with Crippen molar-refractivity contribution in [3.05, 3.63) is 29.8 Å². The number of nitrogens with one attached hydrogen (secondary N) is 2.